The molecule has 0 aliphatic rings. The van der Waals surface area contributed by atoms with Crippen molar-refractivity contribution in [1.82, 2.24) is 5.32 Å². The Morgan fingerprint density at radius 3 is 1.38 bits per heavy atom. The van der Waals surface area contributed by atoms with E-state index in [2.05, 4.69) is 70.2 Å². The lowest BCUT2D eigenvalue weighted by Crippen LogP contribution is -2.56. The van der Waals surface area contributed by atoms with E-state index in [1.54, 1.807) is 20.8 Å². The maximum Gasteiger partial charge on any atom is 0.259 e. The molecule has 0 bridgehead atoms. The molecule has 206 valence electrons. The average molecular weight is 542 g/mol. The van der Waals surface area contributed by atoms with Gasteiger partial charge in [-0.3, -0.25) is 4.79 Å². The molecule has 37 heavy (non-hydrogen) atoms. The Morgan fingerprint density at radius 2 is 1.05 bits per heavy atom. The molecular weight excluding hydrogens is 501 g/mol. The summed E-state index contributed by atoms with van der Waals surface area (Å²) in [6.07, 6.45) is 0. The minimum absolute atomic E-state index is 0.235. The van der Waals surface area contributed by atoms with Crippen molar-refractivity contribution in [1.29, 1.82) is 0 Å². The normalized spacial score (nSPS) is 14.2. The van der Waals surface area contributed by atoms with Gasteiger partial charge in [-0.1, -0.05) is 80.1 Å². The van der Waals surface area contributed by atoms with E-state index in [1.807, 2.05) is 20.8 Å². The van der Waals surface area contributed by atoms with Crippen molar-refractivity contribution in [2.75, 3.05) is 0 Å². The number of nitrogens with one attached hydrogen (secondary N) is 1. The van der Waals surface area contributed by atoms with Gasteiger partial charge in [-0.2, -0.15) is 0 Å². The average Bonchev–Trinajstić information content (AvgIpc) is 2.72. The molecule has 0 aliphatic heterocycles. The van der Waals surface area contributed by atoms with Crippen LogP contribution in [0.25, 0.3) is 0 Å². The zero-order valence-corrected chi connectivity index (χ0v) is 25.0. The first kappa shape index (κ1) is 32.7. The third-order valence-corrected chi connectivity index (χ3v) is 13.1. The van der Waals surface area contributed by atoms with Crippen molar-refractivity contribution < 1.29 is 26.7 Å². The molecule has 1 aromatic rings. The van der Waals surface area contributed by atoms with Crippen molar-refractivity contribution in [3.05, 3.63) is 34.6 Å². The van der Waals surface area contributed by atoms with Crippen LogP contribution < -0.4 is 5.32 Å². The molecule has 1 N–H and O–H groups in total. The Labute approximate surface area is 220 Å². The lowest BCUT2D eigenvalue weighted by Gasteiger charge is -2.41. The Balaban J connectivity index is 4.08. The molecule has 0 aliphatic carbocycles. The van der Waals surface area contributed by atoms with Gasteiger partial charge in [0.25, 0.3) is 5.91 Å². The molecule has 1 atom stereocenters. The highest BCUT2D eigenvalue weighted by Crippen LogP contribution is 2.41. The van der Waals surface area contributed by atoms with Crippen LogP contribution >= 0.6 is 0 Å². The summed E-state index contributed by atoms with van der Waals surface area (Å²) in [5.74, 6) is -3.29. The van der Waals surface area contributed by atoms with Crippen LogP contribution in [0.4, 0.5) is 22.0 Å². The van der Waals surface area contributed by atoms with Gasteiger partial charge in [0.2, 0.25) is 5.82 Å². The van der Waals surface area contributed by atoms with E-state index in [0.717, 1.165) is 0 Å². The maximum absolute atomic E-state index is 14.5. The van der Waals surface area contributed by atoms with Crippen LogP contribution in [0.2, 0.25) is 16.6 Å². The zero-order valence-electron chi connectivity index (χ0n) is 24.0. The highest BCUT2D eigenvalue weighted by molar-refractivity contribution is 6.90. The summed E-state index contributed by atoms with van der Waals surface area (Å²) in [7, 11) is -2.37. The summed E-state index contributed by atoms with van der Waals surface area (Å²) in [5.41, 5.74) is -0.454. The van der Waals surface area contributed by atoms with Gasteiger partial charge in [0.05, 0.1) is 0 Å². The second-order valence-electron chi connectivity index (χ2n) is 12.5. The van der Waals surface area contributed by atoms with Crippen LogP contribution in [0.15, 0.2) is 0 Å². The first-order valence-electron chi connectivity index (χ1n) is 12.5. The highest BCUT2D eigenvalue weighted by atomic mass is 28.3. The van der Waals surface area contributed by atoms with E-state index in [0.29, 0.717) is 0 Å². The largest absolute Gasteiger partial charge is 0.325 e. The maximum atomic E-state index is 14.5. The molecule has 2 nitrogen and oxygen atoms in total. The first-order valence-corrected chi connectivity index (χ1v) is 14.7. The van der Waals surface area contributed by atoms with E-state index < -0.39 is 65.0 Å². The number of rotatable bonds is 5. The minimum atomic E-state index is -2.37. The van der Waals surface area contributed by atoms with E-state index in [4.69, 9.17) is 0 Å². The van der Waals surface area contributed by atoms with Gasteiger partial charge in [-0.25, -0.2) is 22.0 Å². The summed E-state index contributed by atoms with van der Waals surface area (Å²) in [4.78, 5) is 13.2. The number of hydrogen-bond donors (Lipinski definition) is 1. The van der Waals surface area contributed by atoms with Crippen LogP contribution in [0, 0.1) is 63.2 Å². The number of hydrogen-bond acceptors (Lipinski definition) is 1. The third kappa shape index (κ3) is 6.58. The molecule has 1 amide bonds. The van der Waals surface area contributed by atoms with Gasteiger partial charge in [0.1, 0.15) is 13.6 Å². The number of carbonyl (C=O) groups excluding carboxylic acids is 1. The van der Waals surface area contributed by atoms with Crippen molar-refractivity contribution >= 4 is 14.0 Å². The third-order valence-electron chi connectivity index (χ3n) is 6.82. The first-order chi connectivity index (χ1) is 16.6. The van der Waals surface area contributed by atoms with Crippen molar-refractivity contribution in [3.8, 4) is 23.3 Å². The van der Waals surface area contributed by atoms with Crippen LogP contribution in [0.1, 0.15) is 93.4 Å². The Kier molecular flexibility index (Phi) is 9.90. The van der Waals surface area contributed by atoms with Crippen molar-refractivity contribution in [2.45, 2.75) is 105 Å². The van der Waals surface area contributed by atoms with Crippen molar-refractivity contribution in [2.24, 2.45) is 10.8 Å². The van der Waals surface area contributed by atoms with Crippen LogP contribution in [0.3, 0.4) is 0 Å². The van der Waals surface area contributed by atoms with E-state index in [1.165, 1.54) is 0 Å². The second kappa shape index (κ2) is 11.2. The van der Waals surface area contributed by atoms with Gasteiger partial charge in [-0.05, 0) is 37.4 Å². The standard InChI is InChI=1S/C29H40F5NOSi/c1-17(2)37(18(3)4,19(5)6)16-15-29(28(10,11)12,14-13-27(7,8)9)35-26(36)20-21(30)23(32)25(34)24(33)22(20)31/h17-19H,1-12H3,(H,35,36)/t29-/m0/s1. The second-order valence-corrected chi connectivity index (χ2v) is 18.1. The fraction of sp³-hybridized carbons (Fsp3) is 0.621. The molecule has 0 saturated heterocycles. The molecule has 0 aromatic heterocycles. The summed E-state index contributed by atoms with van der Waals surface area (Å²) < 4.78 is 70.5. The van der Waals surface area contributed by atoms with Gasteiger partial charge in [0.15, 0.2) is 28.8 Å². The van der Waals surface area contributed by atoms with Crippen molar-refractivity contribution in [3.63, 3.8) is 0 Å². The quantitative estimate of drug-likeness (QED) is 0.132. The lowest BCUT2D eigenvalue weighted by atomic mass is 9.73. The SMILES string of the molecule is CC(C)[Si](C#C[C@](C#CC(C)(C)C)(NC(=O)c1c(F)c(F)c(F)c(F)c1F)C(C)(C)C)(C(C)C)C(C)C. The summed E-state index contributed by atoms with van der Waals surface area (Å²) in [5, 5.41) is 2.50. The number of benzene rings is 1. The smallest absolute Gasteiger partial charge is 0.259 e. The molecule has 0 spiro atoms. The molecule has 0 unspecified atom stereocenters. The molecule has 0 radical (unpaired) electrons. The Morgan fingerprint density at radius 1 is 0.676 bits per heavy atom. The summed E-state index contributed by atoms with van der Waals surface area (Å²) >= 11 is 0. The highest BCUT2D eigenvalue weighted by Gasteiger charge is 2.46. The number of carbonyl (C=O) groups is 1. The predicted octanol–water partition coefficient (Wildman–Crippen LogP) is 8.17. The van der Waals surface area contributed by atoms with E-state index >= 15 is 0 Å². The molecule has 1 aromatic carbocycles. The van der Waals surface area contributed by atoms with Gasteiger partial charge >= 0.3 is 0 Å². The van der Waals surface area contributed by atoms with Crippen LogP contribution in [0.5, 0.6) is 0 Å². The van der Waals surface area contributed by atoms with Gasteiger partial charge in [-0.15, -0.1) is 5.54 Å². The van der Waals surface area contributed by atoms with Crippen LogP contribution in [-0.2, 0) is 0 Å². The number of halogens is 5. The number of amides is 1. The Hall–Kier alpha value is -2.32. The molecular formula is C29H40F5NOSi. The van der Waals surface area contributed by atoms with Gasteiger partial charge in [0, 0.05) is 10.8 Å². The van der Waals surface area contributed by atoms with E-state index in [-0.39, 0.29) is 16.6 Å². The topological polar surface area (TPSA) is 29.1 Å². The molecule has 0 fully saturated rings. The zero-order chi connectivity index (χ0) is 29.3. The molecule has 1 rings (SSSR count). The summed E-state index contributed by atoms with van der Waals surface area (Å²) in [6.45, 7) is 23.4. The van der Waals surface area contributed by atoms with Crippen LogP contribution in [-0.4, -0.2) is 19.5 Å². The molecule has 0 saturated carbocycles. The fourth-order valence-electron chi connectivity index (χ4n) is 4.61. The lowest BCUT2D eigenvalue weighted by molar-refractivity contribution is 0.0882. The van der Waals surface area contributed by atoms with Gasteiger partial charge < -0.3 is 5.32 Å². The fourth-order valence-corrected chi connectivity index (χ4v) is 9.88. The monoisotopic (exact) mass is 541 g/mol. The predicted molar refractivity (Wildman–Crippen MR) is 142 cm³/mol. The van der Waals surface area contributed by atoms with E-state index in [9.17, 15) is 26.7 Å². The molecule has 0 heterocycles. The summed E-state index contributed by atoms with van der Waals surface area (Å²) in [6, 6.07) is 0. The Bertz CT molecular complexity index is 1100. The minimum Gasteiger partial charge on any atom is -0.325 e. The molecule has 8 heteroatoms.